The third kappa shape index (κ3) is 11.6. The highest BCUT2D eigenvalue weighted by Gasteiger charge is 2.40. The first kappa shape index (κ1) is 22.5. The van der Waals surface area contributed by atoms with E-state index in [1.54, 1.807) is 0 Å². The maximum atomic E-state index is 11.5. The monoisotopic (exact) mass is 344 g/mol. The summed E-state index contributed by atoms with van der Waals surface area (Å²) in [7, 11) is -2.67. The van der Waals surface area contributed by atoms with Crippen molar-refractivity contribution >= 4 is 14.6 Å². The lowest BCUT2D eigenvalue weighted by Crippen LogP contribution is -2.46. The second kappa shape index (κ2) is 15.1. The number of allylic oxidation sites excluding steroid dienone is 1. The Hall–Kier alpha value is -0.493. The average Bonchev–Trinajstić information content (AvgIpc) is 2.55. The molecule has 0 amide bonds. The second-order valence-electron chi connectivity index (χ2n) is 5.81. The number of rotatable bonds is 17. The molecule has 4 nitrogen and oxygen atoms in total. The lowest BCUT2D eigenvalue weighted by molar-refractivity contribution is -0.114. The van der Waals surface area contributed by atoms with E-state index in [1.807, 2.05) is 0 Å². The van der Waals surface area contributed by atoms with Crippen molar-refractivity contribution in [2.45, 2.75) is 78.2 Å². The zero-order chi connectivity index (χ0) is 17.4. The Morgan fingerprint density at radius 2 is 1.30 bits per heavy atom. The van der Waals surface area contributed by atoms with Gasteiger partial charge < -0.3 is 13.3 Å². The predicted octanol–water partition coefficient (Wildman–Crippen LogP) is 4.91. The van der Waals surface area contributed by atoms with E-state index in [2.05, 4.69) is 27.4 Å². The standard InChI is InChI=1S/C18H36O4Si/c1-5-9-14-20-23(21-15-10-6-2,22-16-11-7-3)17-12-13-18(19)8-4/h8H,4-7,9-17H2,1-3H3. The Kier molecular flexibility index (Phi) is 14.7. The Morgan fingerprint density at radius 1 is 0.870 bits per heavy atom. The molecule has 0 aromatic rings. The summed E-state index contributed by atoms with van der Waals surface area (Å²) in [6.07, 6.45) is 8.90. The fourth-order valence-corrected chi connectivity index (χ4v) is 4.70. The molecule has 0 spiro atoms. The summed E-state index contributed by atoms with van der Waals surface area (Å²) in [4.78, 5) is 11.5. The molecule has 0 aromatic heterocycles. The normalized spacial score (nSPS) is 11.6. The summed E-state index contributed by atoms with van der Waals surface area (Å²) in [6.45, 7) is 12.0. The number of hydrogen-bond donors (Lipinski definition) is 0. The van der Waals surface area contributed by atoms with Crippen LogP contribution in [-0.2, 0) is 18.1 Å². The zero-order valence-electron chi connectivity index (χ0n) is 15.4. The molecule has 0 unspecified atom stereocenters. The van der Waals surface area contributed by atoms with Crippen molar-refractivity contribution in [2.24, 2.45) is 0 Å². The van der Waals surface area contributed by atoms with Gasteiger partial charge in [-0.15, -0.1) is 0 Å². The summed E-state index contributed by atoms with van der Waals surface area (Å²) < 4.78 is 18.4. The van der Waals surface area contributed by atoms with Gasteiger partial charge in [0.05, 0.1) is 0 Å². The molecule has 0 fully saturated rings. The molecule has 136 valence electrons. The van der Waals surface area contributed by atoms with Crippen molar-refractivity contribution in [3.8, 4) is 0 Å². The molecule has 0 saturated heterocycles. The van der Waals surface area contributed by atoms with Crippen LogP contribution in [-0.4, -0.2) is 34.4 Å². The van der Waals surface area contributed by atoms with E-state index in [0.29, 0.717) is 32.3 Å². The van der Waals surface area contributed by atoms with Gasteiger partial charge in [0, 0.05) is 32.3 Å². The van der Waals surface area contributed by atoms with Gasteiger partial charge in [-0.1, -0.05) is 46.6 Å². The quantitative estimate of drug-likeness (QED) is 0.214. The highest BCUT2D eigenvalue weighted by molar-refractivity contribution is 6.60. The Balaban J connectivity index is 4.70. The van der Waals surface area contributed by atoms with Crippen molar-refractivity contribution in [1.82, 2.24) is 0 Å². The zero-order valence-corrected chi connectivity index (χ0v) is 16.4. The molecular formula is C18H36O4Si. The van der Waals surface area contributed by atoms with Gasteiger partial charge in [-0.3, -0.25) is 4.79 Å². The first-order chi connectivity index (χ1) is 11.1. The average molecular weight is 345 g/mol. The number of carbonyl (C=O) groups excluding carboxylic acids is 1. The van der Waals surface area contributed by atoms with Crippen LogP contribution in [0.5, 0.6) is 0 Å². The molecule has 0 aromatic carbocycles. The molecule has 0 N–H and O–H groups in total. The van der Waals surface area contributed by atoms with Crippen molar-refractivity contribution in [3.63, 3.8) is 0 Å². The summed E-state index contributed by atoms with van der Waals surface area (Å²) in [5, 5.41) is 0. The molecule has 0 heterocycles. The summed E-state index contributed by atoms with van der Waals surface area (Å²) in [6, 6.07) is 0.712. The summed E-state index contributed by atoms with van der Waals surface area (Å²) in [5.74, 6) is 0.0728. The topological polar surface area (TPSA) is 44.8 Å². The molecular weight excluding hydrogens is 308 g/mol. The van der Waals surface area contributed by atoms with Crippen LogP contribution in [0.1, 0.15) is 72.1 Å². The smallest absolute Gasteiger partial charge is 0.373 e. The van der Waals surface area contributed by atoms with Crippen LogP contribution in [0.15, 0.2) is 12.7 Å². The lowest BCUT2D eigenvalue weighted by atomic mass is 10.2. The van der Waals surface area contributed by atoms with Gasteiger partial charge in [0.15, 0.2) is 5.78 Å². The van der Waals surface area contributed by atoms with E-state index in [1.165, 1.54) is 6.08 Å². The number of carbonyl (C=O) groups is 1. The molecule has 0 rings (SSSR count). The van der Waals surface area contributed by atoms with Gasteiger partial charge in [-0.2, -0.15) is 0 Å². The Labute approximate surface area is 144 Å². The van der Waals surface area contributed by atoms with Crippen LogP contribution < -0.4 is 0 Å². The van der Waals surface area contributed by atoms with Crippen molar-refractivity contribution < 1.29 is 18.1 Å². The maximum absolute atomic E-state index is 11.5. The minimum absolute atomic E-state index is 0.0728. The molecule has 0 bridgehead atoms. The Morgan fingerprint density at radius 3 is 1.65 bits per heavy atom. The minimum atomic E-state index is -2.67. The number of ketones is 1. The predicted molar refractivity (Wildman–Crippen MR) is 97.6 cm³/mol. The largest absolute Gasteiger partial charge is 0.500 e. The fourth-order valence-electron chi connectivity index (χ4n) is 2.04. The van der Waals surface area contributed by atoms with E-state index in [4.69, 9.17) is 13.3 Å². The van der Waals surface area contributed by atoms with Gasteiger partial charge in [-0.05, 0) is 31.8 Å². The third-order valence-electron chi connectivity index (χ3n) is 3.59. The van der Waals surface area contributed by atoms with Gasteiger partial charge in [0.2, 0.25) is 0 Å². The molecule has 0 aliphatic rings. The second-order valence-corrected chi connectivity index (χ2v) is 8.55. The number of unbranched alkanes of at least 4 members (excludes halogenated alkanes) is 3. The maximum Gasteiger partial charge on any atom is 0.500 e. The molecule has 0 atom stereocenters. The molecule has 0 saturated carbocycles. The van der Waals surface area contributed by atoms with Crippen LogP contribution in [0.25, 0.3) is 0 Å². The van der Waals surface area contributed by atoms with Gasteiger partial charge in [-0.25, -0.2) is 0 Å². The number of hydrogen-bond acceptors (Lipinski definition) is 4. The van der Waals surface area contributed by atoms with Crippen molar-refractivity contribution in [3.05, 3.63) is 12.7 Å². The molecule has 5 heteroatoms. The van der Waals surface area contributed by atoms with Gasteiger partial charge in [0.25, 0.3) is 0 Å². The molecule has 0 aliphatic heterocycles. The highest BCUT2D eigenvalue weighted by Crippen LogP contribution is 2.21. The summed E-state index contributed by atoms with van der Waals surface area (Å²) >= 11 is 0. The SMILES string of the molecule is C=CC(=O)CCC[Si](OCCCC)(OCCCC)OCCCC. The van der Waals surface area contributed by atoms with E-state index < -0.39 is 8.80 Å². The fraction of sp³-hybridized carbons (Fsp3) is 0.833. The highest BCUT2D eigenvalue weighted by atomic mass is 28.4. The van der Waals surface area contributed by atoms with E-state index >= 15 is 0 Å². The lowest BCUT2D eigenvalue weighted by Gasteiger charge is -2.30. The van der Waals surface area contributed by atoms with Crippen LogP contribution >= 0.6 is 0 Å². The van der Waals surface area contributed by atoms with E-state index in [0.717, 1.165) is 44.9 Å². The molecule has 0 radical (unpaired) electrons. The van der Waals surface area contributed by atoms with E-state index in [-0.39, 0.29) is 5.78 Å². The third-order valence-corrected chi connectivity index (χ3v) is 6.49. The van der Waals surface area contributed by atoms with Crippen LogP contribution in [0, 0.1) is 0 Å². The van der Waals surface area contributed by atoms with Crippen LogP contribution in [0.3, 0.4) is 0 Å². The van der Waals surface area contributed by atoms with E-state index in [9.17, 15) is 4.79 Å². The van der Waals surface area contributed by atoms with Gasteiger partial charge in [0.1, 0.15) is 0 Å². The van der Waals surface area contributed by atoms with Gasteiger partial charge >= 0.3 is 8.80 Å². The first-order valence-electron chi connectivity index (χ1n) is 9.21. The van der Waals surface area contributed by atoms with Crippen LogP contribution in [0.4, 0.5) is 0 Å². The van der Waals surface area contributed by atoms with Crippen molar-refractivity contribution in [1.29, 1.82) is 0 Å². The van der Waals surface area contributed by atoms with Crippen molar-refractivity contribution in [2.75, 3.05) is 19.8 Å². The molecule has 0 aliphatic carbocycles. The minimum Gasteiger partial charge on any atom is -0.373 e. The molecule has 23 heavy (non-hydrogen) atoms. The van der Waals surface area contributed by atoms with Crippen LogP contribution in [0.2, 0.25) is 6.04 Å². The first-order valence-corrected chi connectivity index (χ1v) is 11.1. The Bertz CT molecular complexity index is 281. The summed E-state index contributed by atoms with van der Waals surface area (Å²) in [5.41, 5.74) is 0.